The summed E-state index contributed by atoms with van der Waals surface area (Å²) in [6, 6.07) is -3.85. The second-order valence-corrected chi connectivity index (χ2v) is 20.0. The normalized spacial score (nSPS) is 12.9. The Morgan fingerprint density at radius 2 is 0.914 bits per heavy atom. The van der Waals surface area contributed by atoms with Gasteiger partial charge in [-0.25, -0.2) is 4.79 Å². The van der Waals surface area contributed by atoms with Crippen LogP contribution in [-0.2, 0) is 47.8 Å². The van der Waals surface area contributed by atoms with Gasteiger partial charge < -0.3 is 40.7 Å². The number of carboxylic acid groups (broad SMARTS) is 3. The number of nitrogens with zero attached hydrogens (tertiary/aromatic N) is 1. The Morgan fingerprint density at radius 3 is 1.33 bits per heavy atom. The van der Waals surface area contributed by atoms with Crippen molar-refractivity contribution in [3.63, 3.8) is 0 Å². The number of ether oxygens (including phenoxy) is 2. The lowest BCUT2D eigenvalue weighted by atomic mass is 10.0. The summed E-state index contributed by atoms with van der Waals surface area (Å²) in [5, 5.41) is 34.5. The van der Waals surface area contributed by atoms with E-state index in [1.54, 1.807) is 19.0 Å². The maximum absolute atomic E-state index is 13.3. The highest BCUT2D eigenvalue weighted by Gasteiger charge is 2.29. The number of nitrogens with one attached hydrogen (secondary N) is 3. The molecule has 6 N–H and O–H groups in total. The molecule has 0 aliphatic rings. The molecule has 17 nitrogen and oxygen atoms in total. The lowest BCUT2D eigenvalue weighted by Crippen LogP contribution is -2.54. The molecule has 0 aliphatic carbocycles. The quantitative estimate of drug-likeness (QED) is 0.0246. The Balaban J connectivity index is 5.22. The van der Waals surface area contributed by atoms with E-state index in [0.717, 1.165) is 44.9 Å². The largest absolute Gasteiger partial charge is 0.481 e. The van der Waals surface area contributed by atoms with Crippen LogP contribution in [0.2, 0.25) is 0 Å². The van der Waals surface area contributed by atoms with Gasteiger partial charge in [0.05, 0.1) is 12.6 Å². The molecule has 0 spiro atoms. The molecule has 0 aliphatic heterocycles. The van der Waals surface area contributed by atoms with Crippen LogP contribution in [0.25, 0.3) is 0 Å². The molecule has 0 aromatic carbocycles. The van der Waals surface area contributed by atoms with Crippen molar-refractivity contribution in [1.82, 2.24) is 20.9 Å². The molecule has 0 rings (SSSR count). The van der Waals surface area contributed by atoms with Crippen LogP contribution in [0.5, 0.6) is 0 Å². The van der Waals surface area contributed by atoms with Gasteiger partial charge in [-0.1, -0.05) is 168 Å². The van der Waals surface area contributed by atoms with Gasteiger partial charge in [-0.2, -0.15) is 11.8 Å². The highest BCUT2D eigenvalue weighted by atomic mass is 32.2. The van der Waals surface area contributed by atoms with Crippen molar-refractivity contribution >= 4 is 59.3 Å². The summed E-state index contributed by atoms with van der Waals surface area (Å²) in [4.78, 5) is 100. The summed E-state index contributed by atoms with van der Waals surface area (Å²) < 4.78 is 11.4. The predicted octanol–water partition coefficient (Wildman–Crippen LogP) is 8.97. The number of hydrogen-bond donors (Lipinski definition) is 6. The number of thioether (sulfide) groups is 1. The van der Waals surface area contributed by atoms with Gasteiger partial charge in [-0.3, -0.25) is 38.5 Å². The summed E-state index contributed by atoms with van der Waals surface area (Å²) >= 11 is 1.31. The summed E-state index contributed by atoms with van der Waals surface area (Å²) in [6.07, 6.45) is 28.8. The third kappa shape index (κ3) is 39.8. The third-order valence-corrected chi connectivity index (χ3v) is 13.3. The fourth-order valence-corrected chi connectivity index (χ4v) is 9.06. The Morgan fingerprint density at radius 1 is 0.500 bits per heavy atom. The van der Waals surface area contributed by atoms with E-state index in [2.05, 4.69) is 29.8 Å². The van der Waals surface area contributed by atoms with E-state index >= 15 is 0 Å². The van der Waals surface area contributed by atoms with Gasteiger partial charge in [-0.05, 0) is 39.8 Å². The van der Waals surface area contributed by atoms with Gasteiger partial charge in [0.1, 0.15) is 24.8 Å². The molecular formula is C52H94N4O13S. The SMILES string of the molecule is CCCCCCCCCCCCCCCC(=O)OC[C@H](CSC[C@@H](C(=O)NCC(=O)N[C@@H](CCC(=O)O)C(=O)N[C@@H](CCC(=O)O)C(=O)O)N(C)C)OC(=O)CCCCCCCCCCCCCCC. The maximum atomic E-state index is 13.3. The number of esters is 2. The average molecular weight is 1020 g/mol. The first-order valence-electron chi connectivity index (χ1n) is 26.7. The first-order chi connectivity index (χ1) is 33.6. The van der Waals surface area contributed by atoms with Gasteiger partial charge in [0, 0.05) is 37.2 Å². The number of aliphatic carboxylic acids is 3. The van der Waals surface area contributed by atoms with Crippen molar-refractivity contribution in [1.29, 1.82) is 0 Å². The van der Waals surface area contributed by atoms with Crippen LogP contribution in [0.4, 0.5) is 0 Å². The lowest BCUT2D eigenvalue weighted by molar-refractivity contribution is -0.157. The number of carbonyl (C=O) groups is 8. The second-order valence-electron chi connectivity index (χ2n) is 18.9. The van der Waals surface area contributed by atoms with E-state index in [4.69, 9.17) is 14.6 Å². The van der Waals surface area contributed by atoms with Gasteiger partial charge in [0.25, 0.3) is 0 Å². The number of carboxylic acids is 3. The molecule has 406 valence electrons. The fraction of sp³-hybridized carbons (Fsp3) is 0.846. The van der Waals surface area contributed by atoms with E-state index in [0.29, 0.717) is 6.42 Å². The average Bonchev–Trinajstić information content (AvgIpc) is 3.31. The van der Waals surface area contributed by atoms with E-state index in [1.807, 2.05) is 0 Å². The standard InChI is InChI=1S/C52H94N4O13S/c1-5-7-9-11-13-15-17-19-21-23-25-27-29-31-48(62)68-38-41(69-49(63)32-30-28-26-24-22-20-18-16-14-12-10-8-6-2)39-70-40-44(56(3)4)51(65)53-37-45(57)54-42(33-35-46(58)59)50(64)55-43(52(66)67)34-36-47(60)61/h41-44H,5-40H2,1-4H3,(H,53,65)(H,54,57)(H,55,64)(H,58,59)(H,60,61)(H,66,67)/t41-,42+,43+,44+/m1/s1. The first-order valence-corrected chi connectivity index (χ1v) is 27.9. The van der Waals surface area contributed by atoms with Crippen LogP contribution in [0.1, 0.15) is 219 Å². The zero-order valence-corrected chi connectivity index (χ0v) is 44.4. The summed E-state index contributed by atoms with van der Waals surface area (Å²) in [5.41, 5.74) is 0. The number of rotatable bonds is 49. The minimum absolute atomic E-state index is 0.114. The topological polar surface area (TPSA) is 255 Å². The van der Waals surface area contributed by atoms with Gasteiger partial charge >= 0.3 is 29.8 Å². The highest BCUT2D eigenvalue weighted by Crippen LogP contribution is 2.17. The number of carbonyl (C=O) groups excluding carboxylic acids is 5. The molecule has 3 amide bonds. The van der Waals surface area contributed by atoms with Crippen molar-refractivity contribution in [3.8, 4) is 0 Å². The van der Waals surface area contributed by atoms with Gasteiger partial charge in [0.2, 0.25) is 17.7 Å². The van der Waals surface area contributed by atoms with Gasteiger partial charge in [-0.15, -0.1) is 0 Å². The molecule has 0 saturated heterocycles. The molecule has 0 aromatic heterocycles. The van der Waals surface area contributed by atoms with Crippen LogP contribution in [0, 0.1) is 0 Å². The van der Waals surface area contributed by atoms with E-state index in [9.17, 15) is 48.6 Å². The highest BCUT2D eigenvalue weighted by molar-refractivity contribution is 7.99. The third-order valence-electron chi connectivity index (χ3n) is 12.2. The molecule has 0 aromatic rings. The number of hydrogen-bond acceptors (Lipinski definition) is 12. The molecule has 0 radical (unpaired) electrons. The van der Waals surface area contributed by atoms with Crippen LogP contribution < -0.4 is 16.0 Å². The zero-order valence-electron chi connectivity index (χ0n) is 43.5. The Hall–Kier alpha value is -3.93. The molecule has 18 heteroatoms. The molecule has 0 unspecified atom stereocenters. The van der Waals surface area contributed by atoms with Crippen LogP contribution in [0.15, 0.2) is 0 Å². The van der Waals surface area contributed by atoms with Crippen LogP contribution in [-0.4, -0.2) is 131 Å². The number of likely N-dealkylation sites (N-methyl/N-ethyl adjacent to an activating group) is 1. The van der Waals surface area contributed by atoms with Crippen molar-refractivity contribution in [2.45, 2.75) is 244 Å². The second kappa shape index (κ2) is 45.0. The first kappa shape index (κ1) is 66.1. The van der Waals surface area contributed by atoms with Crippen molar-refractivity contribution in [2.24, 2.45) is 0 Å². The van der Waals surface area contributed by atoms with Crippen LogP contribution >= 0.6 is 11.8 Å². The minimum atomic E-state index is -1.60. The number of unbranched alkanes of at least 4 members (excludes halogenated alkanes) is 24. The fourth-order valence-electron chi connectivity index (χ4n) is 7.83. The smallest absolute Gasteiger partial charge is 0.326 e. The molecule has 0 heterocycles. The maximum Gasteiger partial charge on any atom is 0.326 e. The van der Waals surface area contributed by atoms with E-state index in [-0.39, 0.29) is 42.9 Å². The number of amides is 3. The Bertz CT molecular complexity index is 1450. The van der Waals surface area contributed by atoms with Crippen molar-refractivity contribution in [2.75, 3.05) is 38.8 Å². The molecule has 70 heavy (non-hydrogen) atoms. The summed E-state index contributed by atoms with van der Waals surface area (Å²) in [5.74, 6) is -6.76. The Kier molecular flexibility index (Phi) is 42.4. The van der Waals surface area contributed by atoms with Crippen molar-refractivity contribution < 1.29 is 63.1 Å². The van der Waals surface area contributed by atoms with E-state index in [1.165, 1.54) is 127 Å². The van der Waals surface area contributed by atoms with E-state index < -0.39 is 92.1 Å². The molecule has 0 fully saturated rings. The lowest BCUT2D eigenvalue weighted by Gasteiger charge is -2.25. The molecule has 0 bridgehead atoms. The molecule has 4 atom stereocenters. The van der Waals surface area contributed by atoms with Gasteiger partial charge in [0.15, 0.2) is 0 Å². The van der Waals surface area contributed by atoms with Crippen LogP contribution in [0.3, 0.4) is 0 Å². The summed E-state index contributed by atoms with van der Waals surface area (Å²) in [7, 11) is 3.34. The zero-order chi connectivity index (χ0) is 52.2. The predicted molar refractivity (Wildman–Crippen MR) is 275 cm³/mol. The Labute approximate surface area is 424 Å². The minimum Gasteiger partial charge on any atom is -0.481 e. The monoisotopic (exact) mass is 1010 g/mol. The molecular weight excluding hydrogens is 921 g/mol. The molecule has 0 saturated carbocycles. The summed E-state index contributed by atoms with van der Waals surface area (Å²) in [6.45, 7) is 3.76. The van der Waals surface area contributed by atoms with Crippen molar-refractivity contribution in [3.05, 3.63) is 0 Å².